The molecule has 0 saturated heterocycles. The number of carbonyl (C=O) groups is 2. The number of aryl methyl sites for hydroxylation is 1. The molecular formula is C21H31N3O3. The molecule has 1 aromatic carbocycles. The Hall–Kier alpha value is -2.37. The van der Waals surface area contributed by atoms with Crippen molar-refractivity contribution in [3.63, 3.8) is 0 Å². The third kappa shape index (κ3) is 5.81. The molecule has 0 fully saturated rings. The Morgan fingerprint density at radius 1 is 1.15 bits per heavy atom. The van der Waals surface area contributed by atoms with Crippen molar-refractivity contribution in [2.75, 3.05) is 13.7 Å². The fourth-order valence-electron chi connectivity index (χ4n) is 3.29. The monoisotopic (exact) mass is 373 g/mol. The van der Waals surface area contributed by atoms with Gasteiger partial charge >= 0.3 is 5.97 Å². The van der Waals surface area contributed by atoms with Crippen molar-refractivity contribution in [1.82, 2.24) is 14.9 Å². The molecule has 1 N–H and O–H groups in total. The number of hydrogen-bond donors (Lipinski definition) is 1. The Kier molecular flexibility index (Phi) is 8.30. The Balaban J connectivity index is 1.85. The van der Waals surface area contributed by atoms with Crippen molar-refractivity contribution in [3.05, 3.63) is 30.1 Å². The summed E-state index contributed by atoms with van der Waals surface area (Å²) in [6.07, 6.45) is 5.49. The van der Waals surface area contributed by atoms with Gasteiger partial charge in [-0.1, -0.05) is 32.4 Å². The molecule has 0 atom stereocenters. The van der Waals surface area contributed by atoms with E-state index in [1.807, 2.05) is 42.7 Å². The number of para-hydroxylation sites is 2. The minimum atomic E-state index is -0.275. The fraction of sp³-hybridized carbons (Fsp3) is 0.571. The van der Waals surface area contributed by atoms with Gasteiger partial charge < -0.3 is 14.6 Å². The third-order valence-corrected chi connectivity index (χ3v) is 4.98. The van der Waals surface area contributed by atoms with Gasteiger partial charge in [-0.25, -0.2) is 4.98 Å². The first kappa shape index (κ1) is 20.9. The van der Waals surface area contributed by atoms with Gasteiger partial charge in [-0.05, 0) is 37.8 Å². The number of nitrogens with zero attached hydrogens (tertiary/aromatic N) is 2. The molecule has 148 valence electrons. The number of ether oxygens (including phenoxy) is 1. The molecule has 0 aliphatic carbocycles. The van der Waals surface area contributed by atoms with Crippen LogP contribution in [0, 0.1) is 5.92 Å². The first-order valence-corrected chi connectivity index (χ1v) is 9.89. The van der Waals surface area contributed by atoms with E-state index in [0.717, 1.165) is 55.4 Å². The number of fused-ring (bicyclic) bond motifs is 1. The van der Waals surface area contributed by atoms with Crippen LogP contribution in [-0.4, -0.2) is 35.1 Å². The number of hydrogen-bond acceptors (Lipinski definition) is 4. The first-order valence-electron chi connectivity index (χ1n) is 9.89. The van der Waals surface area contributed by atoms with Crippen molar-refractivity contribution in [1.29, 1.82) is 0 Å². The van der Waals surface area contributed by atoms with Crippen molar-refractivity contribution in [3.8, 4) is 0 Å². The summed E-state index contributed by atoms with van der Waals surface area (Å²) < 4.78 is 6.76. The van der Waals surface area contributed by atoms with E-state index in [2.05, 4.69) is 10.3 Å². The number of unbranched alkanes of at least 4 members (excludes halogenated alkanes) is 2. The van der Waals surface area contributed by atoms with E-state index < -0.39 is 0 Å². The lowest BCUT2D eigenvalue weighted by Gasteiger charge is -2.12. The number of methoxy groups -OCH3 is 1. The smallest absolute Gasteiger partial charge is 0.325 e. The maximum absolute atomic E-state index is 12.0. The number of esters is 1. The zero-order chi connectivity index (χ0) is 19.6. The molecule has 1 aromatic heterocycles. The second-order valence-corrected chi connectivity index (χ2v) is 6.79. The van der Waals surface area contributed by atoms with E-state index in [0.29, 0.717) is 6.54 Å². The summed E-state index contributed by atoms with van der Waals surface area (Å²) in [5.41, 5.74) is 1.85. The molecule has 0 saturated carbocycles. The largest absolute Gasteiger partial charge is 0.468 e. The van der Waals surface area contributed by atoms with Gasteiger partial charge in [0.2, 0.25) is 5.91 Å². The second kappa shape index (κ2) is 10.7. The molecule has 1 amide bonds. The SMILES string of the molecule is CCC(CC)C(=O)NCCCCCc1nc2ccccc2n1CC(=O)OC. The molecule has 0 unspecified atom stereocenters. The molecular weight excluding hydrogens is 342 g/mol. The lowest BCUT2D eigenvalue weighted by atomic mass is 10.0. The molecule has 27 heavy (non-hydrogen) atoms. The Morgan fingerprint density at radius 3 is 2.59 bits per heavy atom. The number of carbonyl (C=O) groups excluding carboxylic acids is 2. The highest BCUT2D eigenvalue weighted by atomic mass is 16.5. The van der Waals surface area contributed by atoms with Crippen LogP contribution in [-0.2, 0) is 27.3 Å². The number of rotatable bonds is 11. The number of aromatic nitrogens is 2. The number of benzene rings is 1. The second-order valence-electron chi connectivity index (χ2n) is 6.79. The van der Waals surface area contributed by atoms with Gasteiger partial charge in [-0.3, -0.25) is 9.59 Å². The van der Waals surface area contributed by atoms with Crippen molar-refractivity contribution >= 4 is 22.9 Å². The van der Waals surface area contributed by atoms with Gasteiger partial charge in [0.25, 0.3) is 0 Å². The molecule has 2 aromatic rings. The Labute approximate surface area is 161 Å². The van der Waals surface area contributed by atoms with Crippen LogP contribution in [0.3, 0.4) is 0 Å². The highest BCUT2D eigenvalue weighted by molar-refractivity contribution is 5.79. The van der Waals surface area contributed by atoms with E-state index in [-0.39, 0.29) is 24.3 Å². The standard InChI is InChI=1S/C21H31N3O3/c1-4-16(5-2)21(26)22-14-10-6-7-13-19-23-17-11-8-9-12-18(17)24(19)15-20(25)27-3/h8-9,11-12,16H,4-7,10,13-15H2,1-3H3,(H,22,26). The molecule has 1 heterocycles. The summed E-state index contributed by atoms with van der Waals surface area (Å²) >= 11 is 0. The summed E-state index contributed by atoms with van der Waals surface area (Å²) in [5.74, 6) is 0.925. The number of imidazole rings is 1. The van der Waals surface area contributed by atoms with Crippen molar-refractivity contribution in [2.45, 2.75) is 58.9 Å². The van der Waals surface area contributed by atoms with E-state index in [1.54, 1.807) is 0 Å². The molecule has 2 rings (SSSR count). The van der Waals surface area contributed by atoms with Crippen LogP contribution in [0.1, 0.15) is 51.8 Å². The van der Waals surface area contributed by atoms with Crippen molar-refractivity contribution < 1.29 is 14.3 Å². The predicted octanol–water partition coefficient (Wildman–Crippen LogP) is 3.47. The zero-order valence-electron chi connectivity index (χ0n) is 16.7. The number of nitrogens with one attached hydrogen (secondary N) is 1. The quantitative estimate of drug-likeness (QED) is 0.483. The van der Waals surface area contributed by atoms with Crippen LogP contribution in [0.4, 0.5) is 0 Å². The van der Waals surface area contributed by atoms with E-state index in [1.165, 1.54) is 7.11 Å². The summed E-state index contributed by atoms with van der Waals surface area (Å²) in [4.78, 5) is 28.4. The number of amides is 1. The molecule has 0 aliphatic rings. The maximum atomic E-state index is 12.0. The average Bonchev–Trinajstić information content (AvgIpc) is 3.02. The summed E-state index contributed by atoms with van der Waals surface area (Å²) in [6.45, 7) is 4.99. The summed E-state index contributed by atoms with van der Waals surface area (Å²) in [6, 6.07) is 7.83. The lowest BCUT2D eigenvalue weighted by Crippen LogP contribution is -2.30. The van der Waals surface area contributed by atoms with Crippen LogP contribution < -0.4 is 5.32 Å². The van der Waals surface area contributed by atoms with Gasteiger partial charge in [0, 0.05) is 18.9 Å². The minimum absolute atomic E-state index is 0.128. The van der Waals surface area contributed by atoms with Crippen LogP contribution in [0.25, 0.3) is 11.0 Å². The van der Waals surface area contributed by atoms with Crippen LogP contribution >= 0.6 is 0 Å². The lowest BCUT2D eigenvalue weighted by molar-refractivity contribution is -0.141. The van der Waals surface area contributed by atoms with Gasteiger partial charge in [-0.15, -0.1) is 0 Å². The predicted molar refractivity (Wildman–Crippen MR) is 106 cm³/mol. The van der Waals surface area contributed by atoms with Crippen LogP contribution in [0.5, 0.6) is 0 Å². The van der Waals surface area contributed by atoms with E-state index in [9.17, 15) is 9.59 Å². The van der Waals surface area contributed by atoms with Gasteiger partial charge in [0.15, 0.2) is 0 Å². The topological polar surface area (TPSA) is 73.2 Å². The molecule has 6 nitrogen and oxygen atoms in total. The molecule has 0 spiro atoms. The van der Waals surface area contributed by atoms with Crippen LogP contribution in [0.2, 0.25) is 0 Å². The molecule has 0 bridgehead atoms. The van der Waals surface area contributed by atoms with Gasteiger partial charge in [0.1, 0.15) is 12.4 Å². The van der Waals surface area contributed by atoms with E-state index >= 15 is 0 Å². The van der Waals surface area contributed by atoms with E-state index in [4.69, 9.17) is 4.74 Å². The highest BCUT2D eigenvalue weighted by Crippen LogP contribution is 2.18. The summed E-state index contributed by atoms with van der Waals surface area (Å²) in [7, 11) is 1.40. The van der Waals surface area contributed by atoms with Crippen molar-refractivity contribution in [2.24, 2.45) is 5.92 Å². The Bertz CT molecular complexity index is 750. The highest BCUT2D eigenvalue weighted by Gasteiger charge is 2.14. The van der Waals surface area contributed by atoms with Gasteiger partial charge in [0.05, 0.1) is 18.1 Å². The first-order chi connectivity index (χ1) is 13.1. The molecule has 6 heteroatoms. The Morgan fingerprint density at radius 2 is 1.89 bits per heavy atom. The average molecular weight is 373 g/mol. The maximum Gasteiger partial charge on any atom is 0.325 e. The summed E-state index contributed by atoms with van der Waals surface area (Å²) in [5, 5.41) is 3.03. The molecule has 0 aliphatic heterocycles. The normalized spacial score (nSPS) is 11.1. The fourth-order valence-corrected chi connectivity index (χ4v) is 3.29. The van der Waals surface area contributed by atoms with Gasteiger partial charge in [-0.2, -0.15) is 0 Å². The third-order valence-electron chi connectivity index (χ3n) is 4.98. The minimum Gasteiger partial charge on any atom is -0.468 e. The zero-order valence-corrected chi connectivity index (χ0v) is 16.7. The molecule has 0 radical (unpaired) electrons. The van der Waals surface area contributed by atoms with Crippen LogP contribution in [0.15, 0.2) is 24.3 Å².